The van der Waals surface area contributed by atoms with Crippen molar-refractivity contribution in [3.05, 3.63) is 59.9 Å². The molecule has 0 spiro atoms. The molecule has 0 aromatic heterocycles. The fourth-order valence-corrected chi connectivity index (χ4v) is 3.16. The fourth-order valence-electron chi connectivity index (χ4n) is 3.16. The number of para-hydroxylation sites is 1. The Labute approximate surface area is 157 Å². The van der Waals surface area contributed by atoms with Crippen LogP contribution in [0.25, 0.3) is 0 Å². The SMILES string of the molecule is NC(=O)c1ccccc1NC(=O)CCN1CCN(c2ccc(F)cc2)CC1. The molecule has 0 bridgehead atoms. The van der Waals surface area contributed by atoms with Crippen molar-refractivity contribution in [3.63, 3.8) is 0 Å². The minimum absolute atomic E-state index is 0.148. The van der Waals surface area contributed by atoms with Gasteiger partial charge in [0.05, 0.1) is 11.3 Å². The molecule has 0 aliphatic carbocycles. The van der Waals surface area contributed by atoms with Crippen LogP contribution < -0.4 is 16.0 Å². The molecule has 0 saturated carbocycles. The number of carbonyl (C=O) groups excluding carboxylic acids is 2. The normalized spacial score (nSPS) is 14.8. The Kier molecular flexibility index (Phi) is 6.03. The average Bonchev–Trinajstić information content (AvgIpc) is 2.68. The Morgan fingerprint density at radius 2 is 1.67 bits per heavy atom. The van der Waals surface area contributed by atoms with E-state index in [1.807, 2.05) is 0 Å². The minimum Gasteiger partial charge on any atom is -0.369 e. The number of nitrogens with one attached hydrogen (secondary N) is 1. The van der Waals surface area contributed by atoms with Crippen LogP contribution in [0.15, 0.2) is 48.5 Å². The highest BCUT2D eigenvalue weighted by molar-refractivity contribution is 6.02. The molecule has 1 aliphatic heterocycles. The highest BCUT2D eigenvalue weighted by Gasteiger charge is 2.18. The highest BCUT2D eigenvalue weighted by Crippen LogP contribution is 2.17. The number of carbonyl (C=O) groups is 2. The van der Waals surface area contributed by atoms with Gasteiger partial charge in [-0.2, -0.15) is 0 Å². The number of nitrogens with zero attached hydrogens (tertiary/aromatic N) is 2. The Bertz CT molecular complexity index is 802. The van der Waals surface area contributed by atoms with Crippen molar-refractivity contribution >= 4 is 23.2 Å². The third kappa shape index (κ3) is 5.04. The van der Waals surface area contributed by atoms with E-state index >= 15 is 0 Å². The first-order valence-corrected chi connectivity index (χ1v) is 8.94. The topological polar surface area (TPSA) is 78.7 Å². The van der Waals surface area contributed by atoms with Gasteiger partial charge in [0.25, 0.3) is 5.91 Å². The van der Waals surface area contributed by atoms with Gasteiger partial charge in [-0.05, 0) is 36.4 Å². The second-order valence-electron chi connectivity index (χ2n) is 6.51. The van der Waals surface area contributed by atoms with Crippen LogP contribution >= 0.6 is 0 Å². The van der Waals surface area contributed by atoms with Gasteiger partial charge in [0.2, 0.25) is 5.91 Å². The predicted octanol–water partition coefficient (Wildman–Crippen LogP) is 2.08. The zero-order valence-corrected chi connectivity index (χ0v) is 15.0. The van der Waals surface area contributed by atoms with Crippen molar-refractivity contribution in [1.82, 2.24) is 4.90 Å². The predicted molar refractivity (Wildman–Crippen MR) is 103 cm³/mol. The van der Waals surface area contributed by atoms with Crippen molar-refractivity contribution in [3.8, 4) is 0 Å². The molecule has 1 saturated heterocycles. The third-order valence-electron chi connectivity index (χ3n) is 4.69. The van der Waals surface area contributed by atoms with E-state index in [0.29, 0.717) is 24.2 Å². The lowest BCUT2D eigenvalue weighted by molar-refractivity contribution is -0.116. The number of benzene rings is 2. The summed E-state index contributed by atoms with van der Waals surface area (Å²) in [6, 6.07) is 13.2. The van der Waals surface area contributed by atoms with E-state index in [2.05, 4.69) is 15.1 Å². The molecule has 142 valence electrons. The number of primary amides is 1. The summed E-state index contributed by atoms with van der Waals surface area (Å²) in [7, 11) is 0. The Morgan fingerprint density at radius 1 is 1.00 bits per heavy atom. The standard InChI is InChI=1S/C20H23FN4O2/c21-15-5-7-16(8-6-15)25-13-11-24(12-14-25)10-9-19(26)23-18-4-2-1-3-17(18)20(22)27/h1-8H,9-14H2,(H2,22,27)(H,23,26). The van der Waals surface area contributed by atoms with Crippen LogP contribution in [0.3, 0.4) is 0 Å². The van der Waals surface area contributed by atoms with Crippen LogP contribution in [0.5, 0.6) is 0 Å². The van der Waals surface area contributed by atoms with E-state index < -0.39 is 5.91 Å². The summed E-state index contributed by atoms with van der Waals surface area (Å²) in [5, 5.41) is 2.76. The minimum atomic E-state index is -0.567. The monoisotopic (exact) mass is 370 g/mol. The molecule has 2 amide bonds. The zero-order chi connectivity index (χ0) is 19.2. The maximum atomic E-state index is 13.0. The van der Waals surface area contributed by atoms with E-state index in [0.717, 1.165) is 31.9 Å². The van der Waals surface area contributed by atoms with Gasteiger partial charge in [-0.15, -0.1) is 0 Å². The van der Waals surface area contributed by atoms with Gasteiger partial charge in [0.1, 0.15) is 5.82 Å². The summed E-state index contributed by atoms with van der Waals surface area (Å²) < 4.78 is 13.0. The van der Waals surface area contributed by atoms with Gasteiger partial charge >= 0.3 is 0 Å². The number of amides is 2. The largest absolute Gasteiger partial charge is 0.369 e. The van der Waals surface area contributed by atoms with Crippen LogP contribution in [0, 0.1) is 5.82 Å². The van der Waals surface area contributed by atoms with Gasteiger partial charge in [-0.1, -0.05) is 12.1 Å². The molecule has 7 heteroatoms. The second kappa shape index (κ2) is 8.64. The van der Waals surface area contributed by atoms with Crippen LogP contribution in [0.1, 0.15) is 16.8 Å². The summed E-state index contributed by atoms with van der Waals surface area (Å²) >= 11 is 0. The Hall–Kier alpha value is -2.93. The van der Waals surface area contributed by atoms with Crippen LogP contribution in [-0.2, 0) is 4.79 Å². The number of halogens is 1. The number of nitrogens with two attached hydrogens (primary N) is 1. The van der Waals surface area contributed by atoms with Gasteiger partial charge < -0.3 is 16.0 Å². The van der Waals surface area contributed by atoms with E-state index in [4.69, 9.17) is 5.73 Å². The summed E-state index contributed by atoms with van der Waals surface area (Å²) in [5.41, 5.74) is 7.08. The highest BCUT2D eigenvalue weighted by atomic mass is 19.1. The molecule has 1 aliphatic rings. The maximum absolute atomic E-state index is 13.0. The van der Waals surface area contributed by atoms with Crippen LogP contribution in [0.2, 0.25) is 0 Å². The Morgan fingerprint density at radius 3 is 2.33 bits per heavy atom. The van der Waals surface area contributed by atoms with Gasteiger partial charge in [-0.25, -0.2) is 4.39 Å². The number of piperazine rings is 1. The molecule has 2 aromatic rings. The lowest BCUT2D eigenvalue weighted by Gasteiger charge is -2.36. The van der Waals surface area contributed by atoms with Crippen molar-refractivity contribution in [1.29, 1.82) is 0 Å². The van der Waals surface area contributed by atoms with Crippen molar-refractivity contribution in [2.75, 3.05) is 42.9 Å². The first kappa shape index (κ1) is 18.8. The summed E-state index contributed by atoms with van der Waals surface area (Å²) in [6.07, 6.45) is 0.337. The smallest absolute Gasteiger partial charge is 0.250 e. The molecule has 3 rings (SSSR count). The molecule has 1 heterocycles. The fraction of sp³-hybridized carbons (Fsp3) is 0.300. The lowest BCUT2D eigenvalue weighted by atomic mass is 10.1. The van der Waals surface area contributed by atoms with Crippen LogP contribution in [0.4, 0.5) is 15.8 Å². The molecule has 2 aromatic carbocycles. The maximum Gasteiger partial charge on any atom is 0.250 e. The van der Waals surface area contributed by atoms with Crippen LogP contribution in [-0.4, -0.2) is 49.4 Å². The van der Waals surface area contributed by atoms with E-state index in [9.17, 15) is 14.0 Å². The van der Waals surface area contributed by atoms with Crippen molar-refractivity contribution < 1.29 is 14.0 Å². The molecule has 3 N–H and O–H groups in total. The molecule has 0 radical (unpaired) electrons. The molecule has 1 fully saturated rings. The number of anilines is 2. The van der Waals surface area contributed by atoms with Gasteiger partial charge in [0, 0.05) is 44.8 Å². The van der Waals surface area contributed by atoms with Crippen molar-refractivity contribution in [2.24, 2.45) is 5.73 Å². The summed E-state index contributed by atoms with van der Waals surface area (Å²) in [6.45, 7) is 3.97. The second-order valence-corrected chi connectivity index (χ2v) is 6.51. The first-order valence-electron chi connectivity index (χ1n) is 8.94. The average molecular weight is 370 g/mol. The zero-order valence-electron chi connectivity index (χ0n) is 15.0. The molecule has 27 heavy (non-hydrogen) atoms. The number of rotatable bonds is 6. The molecular formula is C20H23FN4O2. The third-order valence-corrected chi connectivity index (χ3v) is 4.69. The quantitative estimate of drug-likeness (QED) is 0.816. The summed E-state index contributed by atoms with van der Waals surface area (Å²) in [5.74, 6) is -0.950. The van der Waals surface area contributed by atoms with E-state index in [1.165, 1.54) is 12.1 Å². The van der Waals surface area contributed by atoms with Crippen molar-refractivity contribution in [2.45, 2.75) is 6.42 Å². The van der Waals surface area contributed by atoms with Gasteiger partial charge in [-0.3, -0.25) is 14.5 Å². The Balaban J connectivity index is 1.45. The first-order chi connectivity index (χ1) is 13.0. The molecule has 0 unspecified atom stereocenters. The number of hydrogen-bond donors (Lipinski definition) is 2. The molecule has 6 nitrogen and oxygen atoms in total. The number of hydrogen-bond acceptors (Lipinski definition) is 4. The van der Waals surface area contributed by atoms with E-state index in [1.54, 1.807) is 36.4 Å². The lowest BCUT2D eigenvalue weighted by Crippen LogP contribution is -2.47. The molecule has 0 atom stereocenters. The van der Waals surface area contributed by atoms with E-state index in [-0.39, 0.29) is 11.7 Å². The molecular weight excluding hydrogens is 347 g/mol. The summed E-state index contributed by atoms with van der Waals surface area (Å²) in [4.78, 5) is 28.1. The van der Waals surface area contributed by atoms with Gasteiger partial charge in [0.15, 0.2) is 0 Å².